The third kappa shape index (κ3) is 2.76. The number of benzene rings is 1. The summed E-state index contributed by atoms with van der Waals surface area (Å²) in [6, 6.07) is 7.23. The van der Waals surface area contributed by atoms with Crippen molar-refractivity contribution in [1.82, 2.24) is 0 Å². The quantitative estimate of drug-likeness (QED) is 0.841. The number of rotatable bonds is 4. The van der Waals surface area contributed by atoms with Crippen LogP contribution in [0, 0.1) is 0 Å². The monoisotopic (exact) mass is 271 g/mol. The van der Waals surface area contributed by atoms with Crippen molar-refractivity contribution in [3.8, 4) is 5.75 Å². The summed E-state index contributed by atoms with van der Waals surface area (Å²) in [5.41, 5.74) is -0.0222. The van der Waals surface area contributed by atoms with Crippen molar-refractivity contribution in [1.29, 1.82) is 0 Å². The Morgan fingerprint density at radius 1 is 1.50 bits per heavy atom. The van der Waals surface area contributed by atoms with Gasteiger partial charge in [-0.3, -0.25) is 0 Å². The van der Waals surface area contributed by atoms with E-state index < -0.39 is 15.4 Å². The van der Waals surface area contributed by atoms with Gasteiger partial charge in [-0.15, -0.1) is 0 Å². The van der Waals surface area contributed by atoms with E-state index in [0.717, 1.165) is 5.69 Å². The lowest BCUT2D eigenvalue weighted by Gasteiger charge is -2.28. The van der Waals surface area contributed by atoms with Gasteiger partial charge in [-0.2, -0.15) is 0 Å². The van der Waals surface area contributed by atoms with Crippen LogP contribution in [-0.4, -0.2) is 44.3 Å². The predicted molar refractivity (Wildman–Crippen MR) is 69.7 cm³/mol. The number of anilines is 1. The number of hydrogen-bond donors (Lipinski definition) is 2. The Morgan fingerprint density at radius 2 is 2.28 bits per heavy atom. The van der Waals surface area contributed by atoms with E-state index in [2.05, 4.69) is 5.32 Å². The first-order chi connectivity index (χ1) is 8.49. The Labute approximate surface area is 107 Å². The molecule has 0 amide bonds. The second kappa shape index (κ2) is 4.78. The Hall–Kier alpha value is -1.27. The highest BCUT2D eigenvalue weighted by molar-refractivity contribution is 7.91. The van der Waals surface area contributed by atoms with Gasteiger partial charge < -0.3 is 15.2 Å². The highest BCUT2D eigenvalue weighted by Gasteiger charge is 2.41. The van der Waals surface area contributed by atoms with Crippen LogP contribution in [-0.2, 0) is 9.84 Å². The summed E-state index contributed by atoms with van der Waals surface area (Å²) in [4.78, 5) is 0. The molecule has 100 valence electrons. The molecule has 0 bridgehead atoms. The zero-order chi connectivity index (χ0) is 13.2. The summed E-state index contributed by atoms with van der Waals surface area (Å²) in [6.45, 7) is -0.205. The molecule has 0 saturated carbocycles. The smallest absolute Gasteiger partial charge is 0.152 e. The van der Waals surface area contributed by atoms with Crippen molar-refractivity contribution in [2.24, 2.45) is 0 Å². The van der Waals surface area contributed by atoms with Gasteiger partial charge in [0.2, 0.25) is 0 Å². The topological polar surface area (TPSA) is 75.6 Å². The molecule has 1 fully saturated rings. The van der Waals surface area contributed by atoms with E-state index >= 15 is 0 Å². The second-order valence-corrected chi connectivity index (χ2v) is 6.82. The van der Waals surface area contributed by atoms with Gasteiger partial charge in [0.15, 0.2) is 9.84 Å². The first-order valence-corrected chi connectivity index (χ1v) is 7.54. The van der Waals surface area contributed by atoms with Gasteiger partial charge in [0.25, 0.3) is 0 Å². The Morgan fingerprint density at radius 3 is 2.83 bits per heavy atom. The molecule has 0 aromatic heterocycles. The molecule has 1 aliphatic heterocycles. The van der Waals surface area contributed by atoms with Crippen LogP contribution in [0.15, 0.2) is 24.3 Å². The van der Waals surface area contributed by atoms with E-state index in [0.29, 0.717) is 12.2 Å². The molecule has 2 rings (SSSR count). The van der Waals surface area contributed by atoms with E-state index in [1.807, 2.05) is 18.2 Å². The van der Waals surface area contributed by atoms with Gasteiger partial charge in [0.05, 0.1) is 30.8 Å². The number of nitrogens with one attached hydrogen (secondary N) is 1. The van der Waals surface area contributed by atoms with E-state index in [-0.39, 0.29) is 18.1 Å². The van der Waals surface area contributed by atoms with E-state index in [4.69, 9.17) is 4.74 Å². The molecule has 1 aromatic rings. The largest absolute Gasteiger partial charge is 0.497 e. The molecule has 1 aliphatic rings. The van der Waals surface area contributed by atoms with Crippen LogP contribution in [0.4, 0.5) is 5.69 Å². The van der Waals surface area contributed by atoms with Gasteiger partial charge in [-0.25, -0.2) is 8.42 Å². The van der Waals surface area contributed by atoms with Crippen molar-refractivity contribution in [2.45, 2.75) is 12.0 Å². The third-order valence-electron chi connectivity index (χ3n) is 3.17. The minimum absolute atomic E-state index is 0.0340. The highest BCUT2D eigenvalue weighted by Crippen LogP contribution is 2.28. The average Bonchev–Trinajstić information content (AvgIpc) is 2.66. The van der Waals surface area contributed by atoms with Crippen LogP contribution in [0.25, 0.3) is 0 Å². The van der Waals surface area contributed by atoms with Crippen LogP contribution in [0.1, 0.15) is 6.42 Å². The van der Waals surface area contributed by atoms with Crippen LogP contribution in [0.5, 0.6) is 5.75 Å². The predicted octanol–water partition coefficient (Wildman–Crippen LogP) is 0.657. The molecule has 0 spiro atoms. The molecular weight excluding hydrogens is 254 g/mol. The first-order valence-electron chi connectivity index (χ1n) is 5.72. The first kappa shape index (κ1) is 13.2. The Kier molecular flexibility index (Phi) is 3.49. The van der Waals surface area contributed by atoms with Crippen molar-refractivity contribution in [2.75, 3.05) is 30.5 Å². The molecule has 1 heterocycles. The van der Waals surface area contributed by atoms with Crippen LogP contribution < -0.4 is 10.1 Å². The number of aliphatic hydroxyl groups excluding tert-OH is 1. The molecule has 0 aliphatic carbocycles. The highest BCUT2D eigenvalue weighted by atomic mass is 32.2. The number of ether oxygens (including phenoxy) is 1. The molecule has 1 unspecified atom stereocenters. The van der Waals surface area contributed by atoms with Crippen LogP contribution in [0.3, 0.4) is 0 Å². The summed E-state index contributed by atoms with van der Waals surface area (Å²) < 4.78 is 28.2. The van der Waals surface area contributed by atoms with Crippen LogP contribution >= 0.6 is 0 Å². The standard InChI is InChI=1S/C12H17NO4S/c1-17-11-4-2-3-10(7-11)13-12(8-14)5-6-18(15,16)9-12/h2-4,7,13-14H,5-6,8-9H2,1H3. The third-order valence-corrected chi connectivity index (χ3v) is 4.99. The molecule has 2 N–H and O–H groups in total. The van der Waals surface area contributed by atoms with Crippen molar-refractivity contribution >= 4 is 15.5 Å². The van der Waals surface area contributed by atoms with Crippen molar-refractivity contribution in [3.63, 3.8) is 0 Å². The molecule has 1 saturated heterocycles. The van der Waals surface area contributed by atoms with E-state index in [1.165, 1.54) is 0 Å². The number of hydrogen-bond acceptors (Lipinski definition) is 5. The normalized spacial score (nSPS) is 25.9. The van der Waals surface area contributed by atoms with Crippen molar-refractivity contribution < 1.29 is 18.3 Å². The minimum atomic E-state index is -3.06. The number of methoxy groups -OCH3 is 1. The fourth-order valence-corrected chi connectivity index (χ4v) is 4.18. The summed E-state index contributed by atoms with van der Waals surface area (Å²) >= 11 is 0. The molecule has 6 heteroatoms. The van der Waals surface area contributed by atoms with Crippen LogP contribution in [0.2, 0.25) is 0 Å². The fourth-order valence-electron chi connectivity index (χ4n) is 2.19. The van der Waals surface area contributed by atoms with Gasteiger partial charge >= 0.3 is 0 Å². The minimum Gasteiger partial charge on any atom is -0.497 e. The molecule has 18 heavy (non-hydrogen) atoms. The molecule has 5 nitrogen and oxygen atoms in total. The maximum absolute atomic E-state index is 11.5. The maximum atomic E-state index is 11.5. The molecular formula is C12H17NO4S. The zero-order valence-corrected chi connectivity index (χ0v) is 11.0. The fraction of sp³-hybridized carbons (Fsp3) is 0.500. The Balaban J connectivity index is 2.21. The summed E-state index contributed by atoms with van der Waals surface area (Å²) in [5, 5.41) is 12.6. The van der Waals surface area contributed by atoms with Crippen molar-refractivity contribution in [3.05, 3.63) is 24.3 Å². The van der Waals surface area contributed by atoms with Gasteiger partial charge in [-0.05, 0) is 18.6 Å². The lowest BCUT2D eigenvalue weighted by molar-refractivity contribution is 0.226. The lowest BCUT2D eigenvalue weighted by Crippen LogP contribution is -2.43. The van der Waals surface area contributed by atoms with E-state index in [1.54, 1.807) is 13.2 Å². The van der Waals surface area contributed by atoms with E-state index in [9.17, 15) is 13.5 Å². The molecule has 0 radical (unpaired) electrons. The molecule has 1 atom stereocenters. The Bertz CT molecular complexity index is 529. The zero-order valence-electron chi connectivity index (χ0n) is 10.2. The SMILES string of the molecule is COc1cccc(NC2(CO)CCS(=O)(=O)C2)c1. The summed E-state index contributed by atoms with van der Waals surface area (Å²) in [7, 11) is -1.49. The van der Waals surface area contributed by atoms with Gasteiger partial charge in [-0.1, -0.05) is 6.07 Å². The van der Waals surface area contributed by atoms with Gasteiger partial charge in [0, 0.05) is 11.8 Å². The lowest BCUT2D eigenvalue weighted by atomic mass is 10.00. The average molecular weight is 271 g/mol. The summed E-state index contributed by atoms with van der Waals surface area (Å²) in [6.07, 6.45) is 0.420. The second-order valence-electron chi connectivity index (χ2n) is 4.64. The number of aliphatic hydroxyl groups is 1. The maximum Gasteiger partial charge on any atom is 0.152 e. The van der Waals surface area contributed by atoms with Gasteiger partial charge in [0.1, 0.15) is 5.75 Å². The molecule has 1 aromatic carbocycles. The number of sulfone groups is 1. The summed E-state index contributed by atoms with van der Waals surface area (Å²) in [5.74, 6) is 0.770.